The zero-order valence-corrected chi connectivity index (χ0v) is 12.2. The van der Waals surface area contributed by atoms with Gasteiger partial charge >= 0.3 is 0 Å². The average Bonchev–Trinajstić information content (AvgIpc) is 2.96. The van der Waals surface area contributed by atoms with Gasteiger partial charge < -0.3 is 14.7 Å². The molecule has 6 heteroatoms. The van der Waals surface area contributed by atoms with Gasteiger partial charge in [-0.1, -0.05) is 6.58 Å². The minimum absolute atomic E-state index is 0.0108. The molecule has 0 unspecified atom stereocenters. The molecular weight excluding hydrogens is 292 g/mol. The number of rotatable bonds is 6. The Morgan fingerprint density at radius 3 is 2.95 bits per heavy atom. The summed E-state index contributed by atoms with van der Waals surface area (Å²) in [5.74, 6) is -1.52. The molecule has 1 heterocycles. The number of benzene rings is 1. The summed E-state index contributed by atoms with van der Waals surface area (Å²) in [5.41, 5.74) is 0.437. The van der Waals surface area contributed by atoms with E-state index in [9.17, 15) is 13.6 Å². The summed E-state index contributed by atoms with van der Waals surface area (Å²) in [7, 11) is 0. The van der Waals surface area contributed by atoms with Crippen molar-refractivity contribution in [3.8, 4) is 5.75 Å². The highest BCUT2D eigenvalue weighted by Crippen LogP contribution is 2.23. The third-order valence-corrected chi connectivity index (χ3v) is 3.56. The number of carbonyl (C=O) groups excluding carboxylic acids is 1. The Labute approximate surface area is 128 Å². The van der Waals surface area contributed by atoms with Crippen molar-refractivity contribution in [3.63, 3.8) is 0 Å². The Hall–Kier alpha value is -1.95. The number of ether oxygens (including phenoxy) is 1. The van der Waals surface area contributed by atoms with Crippen LogP contribution in [0.25, 0.3) is 0 Å². The Kier molecular flexibility index (Phi) is 5.49. The van der Waals surface area contributed by atoms with E-state index in [0.717, 1.165) is 18.2 Å². The highest BCUT2D eigenvalue weighted by Gasteiger charge is 2.29. The molecule has 0 aromatic heterocycles. The van der Waals surface area contributed by atoms with Gasteiger partial charge in [0.05, 0.1) is 6.54 Å². The van der Waals surface area contributed by atoms with E-state index in [-0.39, 0.29) is 24.4 Å². The molecule has 1 N–H and O–H groups in total. The minimum atomic E-state index is -0.626. The highest BCUT2D eigenvalue weighted by atomic mass is 19.1. The fourth-order valence-electron chi connectivity index (χ4n) is 2.38. The van der Waals surface area contributed by atoms with Crippen LogP contribution >= 0.6 is 0 Å². The number of nitrogens with zero attached hydrogens (tertiary/aromatic N) is 1. The Bertz CT molecular complexity index is 562. The first-order chi connectivity index (χ1) is 10.5. The van der Waals surface area contributed by atoms with Crippen LogP contribution in [0.2, 0.25) is 0 Å². The second-order valence-electron chi connectivity index (χ2n) is 5.29. The molecule has 22 heavy (non-hydrogen) atoms. The molecule has 0 radical (unpaired) electrons. The number of halogens is 2. The van der Waals surface area contributed by atoms with Crippen LogP contribution in [0, 0.1) is 11.6 Å². The van der Waals surface area contributed by atoms with Crippen molar-refractivity contribution >= 4 is 5.91 Å². The number of hydrogen-bond acceptors (Lipinski definition) is 3. The third kappa shape index (κ3) is 4.04. The second kappa shape index (κ2) is 7.35. The molecule has 1 aromatic carbocycles. The summed E-state index contributed by atoms with van der Waals surface area (Å²) >= 11 is 0. The van der Waals surface area contributed by atoms with Crippen LogP contribution in [0.5, 0.6) is 5.75 Å². The molecule has 1 amide bonds. The maximum absolute atomic E-state index is 13.5. The highest BCUT2D eigenvalue weighted by molar-refractivity contribution is 5.92. The molecule has 120 valence electrons. The van der Waals surface area contributed by atoms with Gasteiger partial charge in [-0.2, -0.15) is 0 Å². The Balaban J connectivity index is 1.91. The van der Waals surface area contributed by atoms with Gasteiger partial charge in [-0.3, -0.25) is 4.79 Å². The van der Waals surface area contributed by atoms with Gasteiger partial charge in [0.15, 0.2) is 11.6 Å². The third-order valence-electron chi connectivity index (χ3n) is 3.56. The lowest BCUT2D eigenvalue weighted by Crippen LogP contribution is -2.31. The summed E-state index contributed by atoms with van der Waals surface area (Å²) in [4.78, 5) is 13.7. The van der Waals surface area contributed by atoms with Crippen LogP contribution in [0.15, 0.2) is 30.4 Å². The first kappa shape index (κ1) is 16.4. The lowest BCUT2D eigenvalue weighted by molar-refractivity contribution is -0.126. The molecule has 0 aliphatic carbocycles. The average molecular weight is 311 g/mol. The van der Waals surface area contributed by atoms with Gasteiger partial charge in [0.25, 0.3) is 0 Å². The monoisotopic (exact) mass is 311 g/mol. The van der Waals surface area contributed by atoms with E-state index in [1.807, 2.05) is 0 Å². The molecule has 1 saturated heterocycles. The van der Waals surface area contributed by atoms with Crippen molar-refractivity contribution in [1.82, 2.24) is 4.90 Å². The van der Waals surface area contributed by atoms with Crippen LogP contribution in [0.1, 0.15) is 19.3 Å². The number of aliphatic hydroxyl groups is 1. The number of amides is 1. The largest absolute Gasteiger partial charge is 0.485 e. The van der Waals surface area contributed by atoms with Crippen LogP contribution in [-0.2, 0) is 4.79 Å². The zero-order valence-electron chi connectivity index (χ0n) is 12.2. The molecular formula is C16H19F2NO3. The lowest BCUT2D eigenvalue weighted by atomic mass is 10.1. The quantitative estimate of drug-likeness (QED) is 0.820. The van der Waals surface area contributed by atoms with Gasteiger partial charge in [0, 0.05) is 31.2 Å². The van der Waals surface area contributed by atoms with Crippen molar-refractivity contribution in [2.45, 2.75) is 25.4 Å². The summed E-state index contributed by atoms with van der Waals surface area (Å²) in [6.45, 7) is 4.53. The molecule has 1 atom stereocenters. The fourth-order valence-corrected chi connectivity index (χ4v) is 2.38. The van der Waals surface area contributed by atoms with Gasteiger partial charge in [0.2, 0.25) is 5.91 Å². The van der Waals surface area contributed by atoms with Crippen molar-refractivity contribution < 1.29 is 23.4 Å². The zero-order chi connectivity index (χ0) is 16.1. The number of aliphatic hydroxyl groups excluding tert-OH is 1. The van der Waals surface area contributed by atoms with E-state index in [4.69, 9.17) is 9.84 Å². The van der Waals surface area contributed by atoms with Crippen molar-refractivity contribution in [3.05, 3.63) is 42.0 Å². The van der Waals surface area contributed by atoms with Crippen LogP contribution in [0.3, 0.4) is 0 Å². The molecule has 2 rings (SSSR count). The molecule has 0 bridgehead atoms. The van der Waals surface area contributed by atoms with E-state index < -0.39 is 11.6 Å². The van der Waals surface area contributed by atoms with Crippen LogP contribution in [0.4, 0.5) is 8.78 Å². The molecule has 1 fully saturated rings. The van der Waals surface area contributed by atoms with E-state index >= 15 is 0 Å². The molecule has 1 aliphatic heterocycles. The van der Waals surface area contributed by atoms with Crippen LogP contribution < -0.4 is 4.74 Å². The smallest absolute Gasteiger partial charge is 0.249 e. The van der Waals surface area contributed by atoms with Crippen molar-refractivity contribution in [2.24, 2.45) is 0 Å². The van der Waals surface area contributed by atoms with E-state index in [1.54, 1.807) is 4.90 Å². The fraction of sp³-hybridized carbons (Fsp3) is 0.438. The molecule has 0 spiro atoms. The normalized spacial score (nSPS) is 17.6. The predicted octanol–water partition coefficient (Wildman–Crippen LogP) is 2.27. The predicted molar refractivity (Wildman–Crippen MR) is 77.4 cm³/mol. The number of carbonyl (C=O) groups is 1. The van der Waals surface area contributed by atoms with Crippen molar-refractivity contribution in [2.75, 3.05) is 19.7 Å². The SMILES string of the molecule is C=C(CCCO)C(=O)N1CC[C@@H](Oc2cc(F)ccc2F)C1. The maximum Gasteiger partial charge on any atom is 0.249 e. The van der Waals surface area contributed by atoms with Crippen LogP contribution in [-0.4, -0.2) is 41.7 Å². The standard InChI is InChI=1S/C16H19F2NO3/c1-11(3-2-8-20)16(21)19-7-6-13(10-19)22-15-9-12(17)4-5-14(15)18/h4-5,9,13,20H,1-3,6-8,10H2/t13-/m1/s1. The molecule has 1 aliphatic rings. The Morgan fingerprint density at radius 1 is 1.45 bits per heavy atom. The summed E-state index contributed by atoms with van der Waals surface area (Å²) in [6, 6.07) is 3.04. The Morgan fingerprint density at radius 2 is 2.23 bits per heavy atom. The summed E-state index contributed by atoms with van der Waals surface area (Å²) in [6.07, 6.45) is 1.11. The first-order valence-corrected chi connectivity index (χ1v) is 7.21. The second-order valence-corrected chi connectivity index (χ2v) is 5.29. The van der Waals surface area contributed by atoms with E-state index in [1.165, 1.54) is 0 Å². The minimum Gasteiger partial charge on any atom is -0.485 e. The number of hydrogen-bond donors (Lipinski definition) is 1. The van der Waals surface area contributed by atoms with E-state index in [2.05, 4.69) is 6.58 Å². The molecule has 1 aromatic rings. The van der Waals surface area contributed by atoms with E-state index in [0.29, 0.717) is 37.9 Å². The van der Waals surface area contributed by atoms with Gasteiger partial charge in [0.1, 0.15) is 11.9 Å². The van der Waals surface area contributed by atoms with Crippen molar-refractivity contribution in [1.29, 1.82) is 0 Å². The molecule has 4 nitrogen and oxygen atoms in total. The summed E-state index contributed by atoms with van der Waals surface area (Å²) < 4.78 is 32.1. The topological polar surface area (TPSA) is 49.8 Å². The van der Waals surface area contributed by atoms with Gasteiger partial charge in [-0.25, -0.2) is 8.78 Å². The van der Waals surface area contributed by atoms with Gasteiger partial charge in [-0.15, -0.1) is 0 Å². The first-order valence-electron chi connectivity index (χ1n) is 7.21. The maximum atomic E-state index is 13.5. The van der Waals surface area contributed by atoms with Gasteiger partial charge in [-0.05, 0) is 25.0 Å². The lowest BCUT2D eigenvalue weighted by Gasteiger charge is -2.18. The molecule has 0 saturated carbocycles. The number of likely N-dealkylation sites (tertiary alicyclic amines) is 1. The summed E-state index contributed by atoms with van der Waals surface area (Å²) in [5, 5.41) is 8.76.